The average molecular weight is 384 g/mol. The number of nitrogens with zero attached hydrogens (tertiary/aromatic N) is 3. The van der Waals surface area contributed by atoms with Gasteiger partial charge in [0.2, 0.25) is 5.91 Å². The maximum absolute atomic E-state index is 12.7. The molecule has 0 radical (unpaired) electrons. The number of piperidine rings is 1. The van der Waals surface area contributed by atoms with Crippen molar-refractivity contribution >= 4 is 23.3 Å². The van der Waals surface area contributed by atoms with Gasteiger partial charge in [-0.15, -0.1) is 4.28 Å². The minimum Gasteiger partial charge on any atom is -0.352 e. The van der Waals surface area contributed by atoms with Crippen LogP contribution in [-0.4, -0.2) is 79.4 Å². The third-order valence-corrected chi connectivity index (χ3v) is 6.90. The molecule has 0 aromatic rings. The number of hydrogen-bond acceptors (Lipinski definition) is 5. The molecule has 5 aliphatic rings. The number of amides is 3. The molecule has 3 saturated heterocycles. The molecule has 3 heterocycles. The monoisotopic (exact) mass is 384 g/mol. The zero-order chi connectivity index (χ0) is 18.1. The molecule has 2 aliphatic carbocycles. The first kappa shape index (κ1) is 16.9. The Morgan fingerprint density at radius 1 is 1.19 bits per heavy atom. The first-order valence-electron chi connectivity index (χ1n) is 9.38. The number of likely N-dealkylation sites (tertiary alicyclic amines) is 1. The van der Waals surface area contributed by atoms with Crippen molar-refractivity contribution in [2.75, 3.05) is 19.6 Å². The maximum Gasteiger partial charge on any atom is 0.346 e. The molecule has 0 aromatic carbocycles. The van der Waals surface area contributed by atoms with Crippen LogP contribution in [-0.2, 0) is 20.4 Å². The number of nitrogens with one attached hydrogen (secondary N) is 1. The zero-order valence-electron chi connectivity index (χ0n) is 14.5. The summed E-state index contributed by atoms with van der Waals surface area (Å²) >= 11 is -2.54. The van der Waals surface area contributed by atoms with E-state index in [1.165, 1.54) is 30.8 Å². The van der Waals surface area contributed by atoms with Crippen molar-refractivity contribution in [1.82, 2.24) is 20.2 Å². The van der Waals surface area contributed by atoms with Gasteiger partial charge in [-0.1, -0.05) is 0 Å². The lowest BCUT2D eigenvalue weighted by molar-refractivity contribution is -0.132. The van der Waals surface area contributed by atoms with Crippen molar-refractivity contribution in [1.29, 1.82) is 0 Å². The molecule has 1 spiro atoms. The lowest BCUT2D eigenvalue weighted by Crippen LogP contribution is -2.67. The average Bonchev–Trinajstić information content (AvgIpc) is 3.33. The van der Waals surface area contributed by atoms with Crippen molar-refractivity contribution in [2.24, 2.45) is 5.41 Å². The van der Waals surface area contributed by atoms with Crippen LogP contribution in [0.2, 0.25) is 0 Å². The summed E-state index contributed by atoms with van der Waals surface area (Å²) < 4.78 is 24.4. The number of carbonyl (C=O) groups is 2. The molecule has 10 heteroatoms. The minimum atomic E-state index is -2.54. The van der Waals surface area contributed by atoms with Gasteiger partial charge in [0.15, 0.2) is 0 Å². The highest BCUT2D eigenvalue weighted by Gasteiger charge is 2.56. The predicted octanol–water partition coefficient (Wildman–Crippen LogP) is 0.0663. The molecule has 5 rings (SSSR count). The zero-order valence-corrected chi connectivity index (χ0v) is 15.3. The van der Waals surface area contributed by atoms with Crippen LogP contribution >= 0.6 is 0 Å². The summed E-state index contributed by atoms with van der Waals surface area (Å²) in [5, 5.41) is 4.06. The Balaban J connectivity index is 1.14. The van der Waals surface area contributed by atoms with Gasteiger partial charge in [-0.25, -0.2) is 4.79 Å². The number of hydroxylamine groups is 2. The molecule has 3 aliphatic heterocycles. The van der Waals surface area contributed by atoms with Crippen LogP contribution in [0.1, 0.15) is 38.5 Å². The van der Waals surface area contributed by atoms with E-state index in [1.54, 1.807) is 0 Å². The van der Waals surface area contributed by atoms with E-state index in [1.807, 2.05) is 0 Å². The van der Waals surface area contributed by atoms with Crippen LogP contribution in [0.3, 0.4) is 0 Å². The van der Waals surface area contributed by atoms with Gasteiger partial charge in [-0.2, -0.15) is 9.27 Å². The Morgan fingerprint density at radius 3 is 2.54 bits per heavy atom. The highest BCUT2D eigenvalue weighted by molar-refractivity contribution is 7.74. The fraction of sp³-hybridized carbons (Fsp3) is 0.875. The summed E-state index contributed by atoms with van der Waals surface area (Å²) in [4.78, 5) is 29.1. The van der Waals surface area contributed by atoms with Crippen molar-refractivity contribution in [2.45, 2.75) is 62.7 Å². The van der Waals surface area contributed by atoms with Gasteiger partial charge in [0.25, 0.3) is 0 Å². The van der Waals surface area contributed by atoms with E-state index in [4.69, 9.17) is 8.84 Å². The number of fused-ring (bicyclic) bond motifs is 2. The Morgan fingerprint density at radius 2 is 1.88 bits per heavy atom. The lowest BCUT2D eigenvalue weighted by atomic mass is 9.60. The van der Waals surface area contributed by atoms with Crippen LogP contribution in [0.15, 0.2) is 0 Å². The summed E-state index contributed by atoms with van der Waals surface area (Å²) in [5.74, 6) is -0.109. The third-order valence-electron chi connectivity index (χ3n) is 6.62. The number of carbonyl (C=O) groups excluding carboxylic acids is 2. The van der Waals surface area contributed by atoms with Crippen LogP contribution in [0, 0.1) is 5.41 Å². The van der Waals surface area contributed by atoms with E-state index >= 15 is 0 Å². The largest absolute Gasteiger partial charge is 0.352 e. The Kier molecular flexibility index (Phi) is 3.83. The van der Waals surface area contributed by atoms with E-state index in [9.17, 15) is 13.8 Å². The summed E-state index contributed by atoms with van der Waals surface area (Å²) in [5.41, 5.74) is 0.414. The van der Waals surface area contributed by atoms with Crippen molar-refractivity contribution in [3.63, 3.8) is 0 Å². The molecular formula is C16H24N4O5S. The molecule has 5 fully saturated rings. The van der Waals surface area contributed by atoms with Gasteiger partial charge in [-0.3, -0.25) is 14.2 Å². The summed E-state index contributed by atoms with van der Waals surface area (Å²) in [6.45, 7) is 2.70. The van der Waals surface area contributed by atoms with E-state index < -0.39 is 23.4 Å². The Hall–Kier alpha value is -1.23. The quantitative estimate of drug-likeness (QED) is 0.650. The number of rotatable bonds is 5. The Bertz CT molecular complexity index is 657. The highest BCUT2D eigenvalue weighted by Crippen LogP contribution is 2.51. The molecular weight excluding hydrogens is 360 g/mol. The normalized spacial score (nSPS) is 34.6. The van der Waals surface area contributed by atoms with Gasteiger partial charge in [0, 0.05) is 31.7 Å². The topological polar surface area (TPSA) is 102 Å². The molecule has 9 nitrogen and oxygen atoms in total. The smallest absolute Gasteiger partial charge is 0.346 e. The Labute approximate surface area is 154 Å². The fourth-order valence-corrected chi connectivity index (χ4v) is 5.55. The SMILES string of the molecule is O=C(NC1CC2(C1)CN(C1CC1)C2)C1CC[C@@H]2CN1C(=O)N2OS(=O)O. The predicted molar refractivity (Wildman–Crippen MR) is 90.8 cm³/mol. The first-order chi connectivity index (χ1) is 12.4. The van der Waals surface area contributed by atoms with E-state index in [2.05, 4.69) is 10.2 Å². The maximum atomic E-state index is 12.7. The minimum absolute atomic E-state index is 0.109. The molecule has 2 saturated carbocycles. The summed E-state index contributed by atoms with van der Waals surface area (Å²) in [7, 11) is 0. The second-order valence-electron chi connectivity index (χ2n) is 8.55. The van der Waals surface area contributed by atoms with Gasteiger partial charge in [-0.05, 0) is 43.9 Å². The molecule has 2 bridgehead atoms. The molecule has 0 aromatic heterocycles. The van der Waals surface area contributed by atoms with E-state index in [0.29, 0.717) is 24.8 Å². The highest BCUT2D eigenvalue weighted by atomic mass is 32.2. The van der Waals surface area contributed by atoms with Crippen LogP contribution in [0.25, 0.3) is 0 Å². The summed E-state index contributed by atoms with van der Waals surface area (Å²) in [6, 6.07) is -0.252. The molecule has 144 valence electrons. The molecule has 3 atom stereocenters. The molecule has 2 unspecified atom stereocenters. The third kappa shape index (κ3) is 2.74. The number of urea groups is 1. The van der Waals surface area contributed by atoms with Crippen LogP contribution in [0.5, 0.6) is 0 Å². The van der Waals surface area contributed by atoms with E-state index in [-0.39, 0.29) is 18.0 Å². The molecule has 26 heavy (non-hydrogen) atoms. The van der Waals surface area contributed by atoms with Crippen molar-refractivity contribution < 1.29 is 22.6 Å². The van der Waals surface area contributed by atoms with Crippen molar-refractivity contribution in [3.05, 3.63) is 0 Å². The van der Waals surface area contributed by atoms with Gasteiger partial charge in [0.1, 0.15) is 6.04 Å². The van der Waals surface area contributed by atoms with Crippen LogP contribution in [0.4, 0.5) is 4.79 Å². The van der Waals surface area contributed by atoms with Gasteiger partial charge < -0.3 is 10.2 Å². The van der Waals surface area contributed by atoms with Gasteiger partial charge in [0.05, 0.1) is 6.04 Å². The standard InChI is InChI=1S/C16H24N4O5S/c21-14(17-10-5-16(6-10)8-18(9-16)11-1-2-11)13-4-3-12-7-19(13)15(22)20(12)25-26(23)24/h10-13H,1-9H2,(H,17,21)(H,23,24)/t12-,13?/m1/s1. The van der Waals surface area contributed by atoms with Gasteiger partial charge >= 0.3 is 17.4 Å². The molecule has 2 N–H and O–H groups in total. The number of hydrogen-bond donors (Lipinski definition) is 2. The van der Waals surface area contributed by atoms with Crippen LogP contribution < -0.4 is 5.32 Å². The fourth-order valence-electron chi connectivity index (χ4n) is 5.23. The van der Waals surface area contributed by atoms with Crippen molar-refractivity contribution in [3.8, 4) is 0 Å². The lowest BCUT2D eigenvalue weighted by Gasteiger charge is -2.59. The molecule has 3 amide bonds. The summed E-state index contributed by atoms with van der Waals surface area (Å²) in [6.07, 6.45) is 5.88. The second-order valence-corrected chi connectivity index (χ2v) is 9.13. The second kappa shape index (κ2) is 5.88. The first-order valence-corrected chi connectivity index (χ1v) is 10.4. The van der Waals surface area contributed by atoms with E-state index in [0.717, 1.165) is 23.9 Å².